The zero-order valence-corrected chi connectivity index (χ0v) is 33.7. The van der Waals surface area contributed by atoms with E-state index in [-0.39, 0.29) is 42.6 Å². The number of nitriles is 1. The largest absolute Gasteiger partial charge is 0.492 e. The number of nitrogens with zero attached hydrogens (tertiary/aromatic N) is 1. The maximum Gasteiger partial charge on any atom is 0.239 e. The van der Waals surface area contributed by atoms with Crippen LogP contribution in [0.3, 0.4) is 0 Å². The van der Waals surface area contributed by atoms with Crippen LogP contribution in [0.5, 0.6) is 5.75 Å². The summed E-state index contributed by atoms with van der Waals surface area (Å²) in [7, 11) is 0. The predicted octanol–water partition coefficient (Wildman–Crippen LogP) is 6.21. The van der Waals surface area contributed by atoms with Crippen LogP contribution in [0.1, 0.15) is 119 Å². The highest BCUT2D eigenvalue weighted by atomic mass is 16.5. The first-order valence-corrected chi connectivity index (χ1v) is 18.4. The topological polar surface area (TPSA) is 189 Å². The highest BCUT2D eigenvalue weighted by Crippen LogP contribution is 2.36. The number of fused-ring (bicyclic) bond motifs is 5. The monoisotopic (exact) mass is 715 g/mol. The van der Waals surface area contributed by atoms with Gasteiger partial charge in [-0.25, -0.2) is 0 Å². The highest BCUT2D eigenvalue weighted by molar-refractivity contribution is 5.89. The quantitative estimate of drug-likeness (QED) is 0.121. The Balaban J connectivity index is -0.000000458. The molecular formula is C40H70N6O5. The molecular weight excluding hydrogens is 644 g/mol. The van der Waals surface area contributed by atoms with E-state index in [1.807, 2.05) is 73.6 Å². The minimum absolute atomic E-state index is 0.0224. The summed E-state index contributed by atoms with van der Waals surface area (Å²) in [6, 6.07) is 14.0. The second-order valence-corrected chi connectivity index (χ2v) is 10.6. The van der Waals surface area contributed by atoms with E-state index in [4.69, 9.17) is 21.5 Å². The van der Waals surface area contributed by atoms with Crippen LogP contribution >= 0.6 is 0 Å². The standard InChI is InChI=1S/C25H33N3O3.C3H4N2O.C3H9N.C3H6O.3C2H6/c1-4-5-19-7-8-20-14-21(19)22-13-18(6-9-23(22)31-11-10-26)12-16(2)28-24(29)15-27-25(30)17(20)3;4-1-2-5-3-6;1-2-3-4;1-3(2)4;3*1-2/h6-9,13-14,16-17H,4-5,10-12,15,26H2,1-3H3,(H,27,30)(H,28,29);3H,2H2,(H,5,6);2-4H2,1H3;1-2H3;3*1-2H3. The number of rotatable bonds is 8. The third-order valence-corrected chi connectivity index (χ3v) is 6.18. The number of hydrogen-bond acceptors (Lipinski definition) is 8. The molecule has 0 aromatic heterocycles. The van der Waals surface area contributed by atoms with Crippen molar-refractivity contribution in [3.8, 4) is 22.9 Å². The van der Waals surface area contributed by atoms with Crippen molar-refractivity contribution in [2.24, 2.45) is 11.5 Å². The Morgan fingerprint density at radius 3 is 2.02 bits per heavy atom. The van der Waals surface area contributed by atoms with Gasteiger partial charge in [-0.1, -0.05) is 80.0 Å². The Bertz CT molecular complexity index is 1240. The number of hydrogen-bond donors (Lipinski definition) is 5. The van der Waals surface area contributed by atoms with Gasteiger partial charge in [0.1, 0.15) is 24.7 Å². The summed E-state index contributed by atoms with van der Waals surface area (Å²) in [6.45, 7) is 24.9. The molecule has 0 radical (unpaired) electrons. The molecule has 1 aliphatic rings. The van der Waals surface area contributed by atoms with Crippen molar-refractivity contribution >= 4 is 24.0 Å². The fourth-order valence-electron chi connectivity index (χ4n) is 4.10. The molecule has 0 spiro atoms. The molecule has 3 amide bonds. The van der Waals surface area contributed by atoms with Crippen LogP contribution in [0.4, 0.5) is 0 Å². The highest BCUT2D eigenvalue weighted by Gasteiger charge is 2.21. The van der Waals surface area contributed by atoms with Crippen molar-refractivity contribution in [2.75, 3.05) is 32.8 Å². The lowest BCUT2D eigenvalue weighted by molar-refractivity contribution is -0.127. The Morgan fingerprint density at radius 2 is 1.55 bits per heavy atom. The van der Waals surface area contributed by atoms with Gasteiger partial charge in [0.05, 0.1) is 18.5 Å². The lowest BCUT2D eigenvalue weighted by Crippen LogP contribution is -2.42. The van der Waals surface area contributed by atoms with Crippen molar-refractivity contribution in [3.63, 3.8) is 0 Å². The van der Waals surface area contributed by atoms with Crippen molar-refractivity contribution in [1.29, 1.82) is 5.26 Å². The summed E-state index contributed by atoms with van der Waals surface area (Å²) < 4.78 is 5.98. The van der Waals surface area contributed by atoms with Gasteiger partial charge in [-0.05, 0) is 94.0 Å². The van der Waals surface area contributed by atoms with Gasteiger partial charge in [0.15, 0.2) is 0 Å². The van der Waals surface area contributed by atoms with Crippen LogP contribution < -0.4 is 32.2 Å². The third kappa shape index (κ3) is 26.2. The van der Waals surface area contributed by atoms with Crippen LogP contribution in [0.25, 0.3) is 11.1 Å². The van der Waals surface area contributed by atoms with Crippen molar-refractivity contribution in [2.45, 2.75) is 121 Å². The van der Waals surface area contributed by atoms with E-state index in [0.717, 1.165) is 53.8 Å². The lowest BCUT2D eigenvalue weighted by atomic mass is 9.89. The van der Waals surface area contributed by atoms with E-state index in [9.17, 15) is 19.2 Å². The van der Waals surface area contributed by atoms with Crippen LogP contribution in [-0.4, -0.2) is 62.8 Å². The number of benzene rings is 2. The number of carbonyl (C=O) groups excluding carboxylic acids is 4. The van der Waals surface area contributed by atoms with E-state index >= 15 is 0 Å². The Kier molecular flexibility index (Phi) is 38.8. The third-order valence-electron chi connectivity index (χ3n) is 6.18. The van der Waals surface area contributed by atoms with Crippen molar-refractivity contribution in [1.82, 2.24) is 16.0 Å². The minimum atomic E-state index is -0.376. The van der Waals surface area contributed by atoms with Gasteiger partial charge in [0.25, 0.3) is 0 Å². The number of ether oxygens (including phenoxy) is 1. The molecule has 0 fully saturated rings. The fraction of sp³-hybridized carbons (Fsp3) is 0.575. The molecule has 2 aromatic rings. The van der Waals surface area contributed by atoms with Gasteiger partial charge in [-0.15, -0.1) is 0 Å². The summed E-state index contributed by atoms with van der Waals surface area (Å²) in [6.07, 6.45) is 4.22. The van der Waals surface area contributed by atoms with E-state index < -0.39 is 0 Å². The van der Waals surface area contributed by atoms with Crippen molar-refractivity contribution in [3.05, 3.63) is 53.1 Å². The molecule has 0 aliphatic carbocycles. The number of carbonyl (C=O) groups is 4. The SMILES string of the molecule is CC.CC.CC.CC(C)=O.CCCN.CCCc1ccc2cc1-c1cc(ccc1OCCN)CC(C)NC(=O)CNC(=O)C2C.N#CCNC=O. The molecule has 290 valence electrons. The summed E-state index contributed by atoms with van der Waals surface area (Å²) in [5.74, 6) is 0.221. The maximum absolute atomic E-state index is 12.7. The summed E-state index contributed by atoms with van der Waals surface area (Å²) in [4.78, 5) is 43.7. The van der Waals surface area contributed by atoms with E-state index in [1.165, 1.54) is 19.4 Å². The zero-order valence-electron chi connectivity index (χ0n) is 33.7. The summed E-state index contributed by atoms with van der Waals surface area (Å²) >= 11 is 0. The molecule has 4 bridgehead atoms. The average molecular weight is 715 g/mol. The molecule has 7 N–H and O–H groups in total. The normalized spacial score (nSPS) is 13.8. The lowest BCUT2D eigenvalue weighted by Gasteiger charge is -2.21. The van der Waals surface area contributed by atoms with Gasteiger partial charge >= 0.3 is 0 Å². The first-order chi connectivity index (χ1) is 24.5. The van der Waals surface area contributed by atoms with Gasteiger partial charge in [0, 0.05) is 18.2 Å². The van der Waals surface area contributed by atoms with Gasteiger partial charge in [-0.3, -0.25) is 14.4 Å². The van der Waals surface area contributed by atoms with Crippen LogP contribution in [0, 0.1) is 11.3 Å². The second kappa shape index (κ2) is 37.0. The Morgan fingerprint density at radius 1 is 0.961 bits per heavy atom. The van der Waals surface area contributed by atoms with Crippen molar-refractivity contribution < 1.29 is 23.9 Å². The van der Waals surface area contributed by atoms with E-state index in [1.54, 1.807) is 6.07 Å². The number of amides is 3. The number of nitrogens with two attached hydrogens (primary N) is 2. The molecule has 2 aromatic carbocycles. The average Bonchev–Trinajstić information content (AvgIpc) is 3.14. The number of Topliss-reactive ketones (excluding diaryl/α,β-unsaturated/α-hetero) is 1. The molecule has 1 aliphatic heterocycles. The fourth-order valence-corrected chi connectivity index (χ4v) is 4.10. The number of ketones is 1. The van der Waals surface area contributed by atoms with Gasteiger partial charge in [-0.2, -0.15) is 5.26 Å². The van der Waals surface area contributed by atoms with E-state index in [2.05, 4.69) is 48.0 Å². The molecule has 2 unspecified atom stereocenters. The molecule has 2 atom stereocenters. The number of aryl methyl sites for hydroxylation is 1. The zero-order chi connectivity index (χ0) is 40.2. The Labute approximate surface area is 309 Å². The van der Waals surface area contributed by atoms with Gasteiger partial charge in [0.2, 0.25) is 18.2 Å². The molecule has 11 nitrogen and oxygen atoms in total. The predicted molar refractivity (Wildman–Crippen MR) is 213 cm³/mol. The number of nitrogens with one attached hydrogen (secondary N) is 3. The molecule has 51 heavy (non-hydrogen) atoms. The maximum atomic E-state index is 12.7. The van der Waals surface area contributed by atoms with Crippen LogP contribution in [0.15, 0.2) is 36.4 Å². The van der Waals surface area contributed by atoms with Crippen LogP contribution in [0.2, 0.25) is 0 Å². The molecule has 0 saturated carbocycles. The first kappa shape index (κ1) is 53.5. The molecule has 0 saturated heterocycles. The minimum Gasteiger partial charge on any atom is -0.492 e. The molecule has 3 rings (SSSR count). The first-order valence-electron chi connectivity index (χ1n) is 18.4. The van der Waals surface area contributed by atoms with Crippen LogP contribution in [-0.2, 0) is 32.0 Å². The smallest absolute Gasteiger partial charge is 0.239 e. The second-order valence-electron chi connectivity index (χ2n) is 10.6. The van der Waals surface area contributed by atoms with Gasteiger partial charge < -0.3 is 36.9 Å². The molecule has 1 heterocycles. The van der Waals surface area contributed by atoms with E-state index in [0.29, 0.717) is 26.0 Å². The molecule has 11 heteroatoms. The Hall–Kier alpha value is -4.27. The summed E-state index contributed by atoms with van der Waals surface area (Å²) in [5, 5.41) is 15.6. The summed E-state index contributed by atoms with van der Waals surface area (Å²) in [5.41, 5.74) is 16.0.